The Bertz CT molecular complexity index is 1790. The van der Waals surface area contributed by atoms with Crippen LogP contribution in [0.4, 0.5) is 41.6 Å². The minimum Gasteiger partial charge on any atom is -0.474 e. The molecule has 2 aromatic heterocycles. The fraction of sp³-hybridized carbons (Fsp3) is 0.595. The van der Waals surface area contributed by atoms with Gasteiger partial charge < -0.3 is 23.7 Å². The summed E-state index contributed by atoms with van der Waals surface area (Å²) in [4.78, 5) is 31.4. The van der Waals surface area contributed by atoms with E-state index in [4.69, 9.17) is 18.6 Å². The van der Waals surface area contributed by atoms with E-state index < -0.39 is 88.5 Å². The number of pyridine rings is 1. The summed E-state index contributed by atoms with van der Waals surface area (Å²) >= 11 is 0. The molecule has 3 heterocycles. The van der Waals surface area contributed by atoms with Crippen molar-refractivity contribution in [3.05, 3.63) is 52.9 Å². The van der Waals surface area contributed by atoms with Crippen molar-refractivity contribution in [2.24, 2.45) is 0 Å². The van der Waals surface area contributed by atoms with Gasteiger partial charge in [0.1, 0.15) is 22.9 Å². The van der Waals surface area contributed by atoms with Gasteiger partial charge in [0, 0.05) is 6.42 Å². The molecule has 54 heavy (non-hydrogen) atoms. The molecule has 0 fully saturated rings. The number of alkyl halides is 6. The molecule has 11 nitrogen and oxygen atoms in total. The van der Waals surface area contributed by atoms with Crippen LogP contribution in [-0.4, -0.2) is 56.0 Å². The quantitative estimate of drug-likeness (QED) is 0.256. The number of halogens is 6. The molecule has 17 heteroatoms. The molecule has 3 aromatic rings. The Morgan fingerprint density at radius 2 is 1.50 bits per heavy atom. The highest BCUT2D eigenvalue weighted by molar-refractivity contribution is 6.11. The number of hydrogen-bond acceptors (Lipinski definition) is 10. The van der Waals surface area contributed by atoms with E-state index in [0.29, 0.717) is 11.6 Å². The Morgan fingerprint density at radius 3 is 2.04 bits per heavy atom. The second-order valence-corrected chi connectivity index (χ2v) is 16.3. The molecule has 0 saturated carbocycles. The molecule has 1 aliphatic heterocycles. The molecule has 1 unspecified atom stereocenters. The zero-order valence-electron chi connectivity index (χ0n) is 31.7. The first kappa shape index (κ1) is 42.3. The first-order valence-corrected chi connectivity index (χ1v) is 17.4. The second-order valence-electron chi connectivity index (χ2n) is 16.3. The van der Waals surface area contributed by atoms with Crippen LogP contribution >= 0.6 is 0 Å². The highest BCUT2D eigenvalue weighted by Crippen LogP contribution is 2.46. The van der Waals surface area contributed by atoms with Gasteiger partial charge in [0.05, 0.1) is 5.69 Å². The Morgan fingerprint density at radius 1 is 0.889 bits per heavy atom. The summed E-state index contributed by atoms with van der Waals surface area (Å²) < 4.78 is 110. The maximum atomic E-state index is 15.0. The average Bonchev–Trinajstić information content (AvgIpc) is 3.48. The van der Waals surface area contributed by atoms with E-state index in [1.165, 1.54) is 41.5 Å². The van der Waals surface area contributed by atoms with Crippen molar-refractivity contribution in [1.29, 1.82) is 0 Å². The number of aliphatic hydroxyl groups is 1. The van der Waals surface area contributed by atoms with Crippen molar-refractivity contribution in [2.45, 2.75) is 142 Å². The van der Waals surface area contributed by atoms with Gasteiger partial charge in [-0.1, -0.05) is 51.5 Å². The predicted molar refractivity (Wildman–Crippen MR) is 184 cm³/mol. The fourth-order valence-electron chi connectivity index (χ4n) is 5.57. The van der Waals surface area contributed by atoms with Crippen LogP contribution in [0.1, 0.15) is 117 Å². The summed E-state index contributed by atoms with van der Waals surface area (Å²) in [6.45, 7) is 14.6. The number of ether oxygens (including phenoxy) is 3. The monoisotopic (exact) mass is 772 g/mol. The van der Waals surface area contributed by atoms with Crippen LogP contribution in [0.3, 0.4) is 0 Å². The molecule has 298 valence electrons. The van der Waals surface area contributed by atoms with Gasteiger partial charge >= 0.3 is 24.5 Å². The Hall–Kier alpha value is -4.41. The van der Waals surface area contributed by atoms with Crippen LogP contribution in [0.5, 0.6) is 5.88 Å². The number of nitrogens with zero attached hydrogens (tertiary/aromatic N) is 4. The van der Waals surface area contributed by atoms with Crippen molar-refractivity contribution in [3.8, 4) is 17.5 Å². The van der Waals surface area contributed by atoms with Gasteiger partial charge in [0.2, 0.25) is 11.5 Å². The summed E-state index contributed by atoms with van der Waals surface area (Å²) in [5.74, 6) is -3.32. The Balaban J connectivity index is 2.03. The first-order valence-electron chi connectivity index (χ1n) is 17.4. The minimum absolute atomic E-state index is 0.0825. The lowest BCUT2D eigenvalue weighted by Crippen LogP contribution is -2.44. The standard InChI is InChI=1S/C37H46F6N4O7/c1-32(2,3)22-15-13-14-21(18-22)19-23-16-11-10-12-17-35(50,37(41,42)43)29-46-45-28(52-29)26-25(20-24(36(38,39)40)27(44-26)51-23)47(30(48)53-33(4,5)6)31(49)54-34(7,8)9/h13-15,18,20,23,50H,10-12,16-17,19H2,1-9H3/t23?,35-/m1/s1. The number of benzene rings is 1. The van der Waals surface area contributed by atoms with Crippen LogP contribution in [0, 0.1) is 0 Å². The summed E-state index contributed by atoms with van der Waals surface area (Å²) in [6, 6.07) is 7.74. The number of fused-ring (bicyclic) bond motifs is 5. The molecule has 0 aliphatic carbocycles. The van der Waals surface area contributed by atoms with E-state index in [0.717, 1.165) is 5.56 Å². The van der Waals surface area contributed by atoms with E-state index in [9.17, 15) is 27.9 Å². The van der Waals surface area contributed by atoms with Gasteiger partial charge in [0.25, 0.3) is 11.8 Å². The molecule has 0 spiro atoms. The molecule has 0 radical (unpaired) electrons. The highest BCUT2D eigenvalue weighted by Gasteiger charge is 2.58. The second kappa shape index (κ2) is 15.0. The zero-order valence-corrected chi connectivity index (χ0v) is 31.7. The maximum absolute atomic E-state index is 15.0. The third-order valence-corrected chi connectivity index (χ3v) is 8.22. The minimum atomic E-state index is -5.32. The molecule has 4 rings (SSSR count). The van der Waals surface area contributed by atoms with E-state index in [1.54, 1.807) is 12.1 Å². The number of carbonyl (C=O) groups excluding carboxylic acids is 2. The third kappa shape index (κ3) is 10.2. The normalized spacial score (nSPS) is 19.0. The predicted octanol–water partition coefficient (Wildman–Crippen LogP) is 9.83. The van der Waals surface area contributed by atoms with Gasteiger partial charge in [-0.15, -0.1) is 10.2 Å². The lowest BCUT2D eigenvalue weighted by Gasteiger charge is -2.30. The van der Waals surface area contributed by atoms with Crippen molar-refractivity contribution in [2.75, 3.05) is 4.90 Å². The molecular formula is C37H46F6N4O7. The van der Waals surface area contributed by atoms with Crippen molar-refractivity contribution >= 4 is 17.9 Å². The van der Waals surface area contributed by atoms with Crippen molar-refractivity contribution < 1.29 is 59.7 Å². The lowest BCUT2D eigenvalue weighted by atomic mass is 9.85. The van der Waals surface area contributed by atoms with Gasteiger partial charge in [-0.05, 0) is 89.8 Å². The summed E-state index contributed by atoms with van der Waals surface area (Å²) in [7, 11) is 0. The fourth-order valence-corrected chi connectivity index (χ4v) is 5.57. The average molecular weight is 773 g/mol. The highest BCUT2D eigenvalue weighted by atomic mass is 19.4. The largest absolute Gasteiger partial charge is 0.474 e. The third-order valence-electron chi connectivity index (χ3n) is 8.22. The van der Waals surface area contributed by atoms with Gasteiger partial charge in [-0.25, -0.2) is 14.6 Å². The zero-order chi connectivity index (χ0) is 40.7. The van der Waals surface area contributed by atoms with E-state index in [1.807, 2.05) is 32.9 Å². The molecule has 2 amide bonds. The molecule has 1 aliphatic rings. The molecule has 2 atom stereocenters. The number of aromatic nitrogens is 3. The van der Waals surface area contributed by atoms with E-state index in [2.05, 4.69) is 15.2 Å². The number of anilines is 1. The van der Waals surface area contributed by atoms with Gasteiger partial charge in [-0.2, -0.15) is 31.2 Å². The van der Waals surface area contributed by atoms with Crippen LogP contribution < -0.4 is 9.64 Å². The van der Waals surface area contributed by atoms with Crippen LogP contribution in [0.25, 0.3) is 11.6 Å². The van der Waals surface area contributed by atoms with Gasteiger partial charge in [0.15, 0.2) is 5.69 Å². The first-order chi connectivity index (χ1) is 24.6. The van der Waals surface area contributed by atoms with E-state index >= 15 is 13.2 Å². The molecular weight excluding hydrogens is 726 g/mol. The summed E-state index contributed by atoms with van der Waals surface area (Å²) in [6.07, 6.45) is -15.2. The molecule has 4 bridgehead atoms. The smallest absolute Gasteiger partial charge is 0.426 e. The topological polar surface area (TPSA) is 137 Å². The number of rotatable bonds is 3. The van der Waals surface area contributed by atoms with Crippen LogP contribution in [0.2, 0.25) is 0 Å². The molecule has 0 saturated heterocycles. The van der Waals surface area contributed by atoms with Crippen molar-refractivity contribution in [1.82, 2.24) is 15.2 Å². The molecule has 1 aromatic carbocycles. The number of amides is 2. The lowest BCUT2D eigenvalue weighted by molar-refractivity contribution is -0.277. The summed E-state index contributed by atoms with van der Waals surface area (Å²) in [5.41, 5.74) is -8.23. The number of hydrogen-bond donors (Lipinski definition) is 1. The van der Waals surface area contributed by atoms with E-state index in [-0.39, 0.29) is 42.4 Å². The molecule has 1 N–H and O–H groups in total. The van der Waals surface area contributed by atoms with Crippen LogP contribution in [-0.2, 0) is 33.1 Å². The number of imide groups is 1. The number of carbonyl (C=O) groups is 2. The Kier molecular flexibility index (Phi) is 11.8. The SMILES string of the molecule is CC(C)(C)OC(=O)N(C(=O)OC(C)(C)C)c1cc(C(F)(F)F)c2nc1-c1nnc(o1)[C@@](O)(C(F)(F)F)CCCCCC(Cc1cccc(C(C)(C)C)c1)O2. The maximum Gasteiger partial charge on any atom is 0.426 e. The summed E-state index contributed by atoms with van der Waals surface area (Å²) in [5, 5.41) is 18.0. The van der Waals surface area contributed by atoms with Crippen LogP contribution in [0.15, 0.2) is 34.7 Å². The van der Waals surface area contributed by atoms with Gasteiger partial charge in [-0.3, -0.25) is 0 Å². The Labute approximate surface area is 309 Å². The van der Waals surface area contributed by atoms with Crippen molar-refractivity contribution in [3.63, 3.8) is 0 Å².